The molecule has 1 amide bonds. The normalized spacial score (nSPS) is 19.9. The van der Waals surface area contributed by atoms with Crippen LogP contribution in [-0.2, 0) is 25.8 Å². The van der Waals surface area contributed by atoms with Gasteiger partial charge in [-0.15, -0.1) is 16.4 Å². The summed E-state index contributed by atoms with van der Waals surface area (Å²) in [6.45, 7) is 3.61. The first-order chi connectivity index (χ1) is 12.8. The molecule has 7 heteroatoms. The van der Waals surface area contributed by atoms with Crippen molar-refractivity contribution in [2.75, 3.05) is 19.6 Å². The van der Waals surface area contributed by atoms with E-state index in [2.05, 4.69) is 26.3 Å². The molecule has 2 aliphatic rings. The van der Waals surface area contributed by atoms with Crippen LogP contribution in [0.1, 0.15) is 52.2 Å². The first kappa shape index (κ1) is 17.7. The van der Waals surface area contributed by atoms with Crippen LogP contribution in [0.4, 0.5) is 0 Å². The smallest absolute Gasteiger partial charge is 0.273 e. The molecule has 1 aliphatic heterocycles. The molecule has 0 spiro atoms. The van der Waals surface area contributed by atoms with Crippen molar-refractivity contribution in [1.82, 2.24) is 25.6 Å². The topological polar surface area (TPSA) is 71.8 Å². The molecule has 1 fully saturated rings. The summed E-state index contributed by atoms with van der Waals surface area (Å²) < 4.78 is 1.81. The standard InChI is InChI=1S/C19H27N5OS/c25-19(17-12-24(23-22-17)11-14-4-3-8-20-10-14)21-9-7-15-13-26-18-6-2-1-5-16(15)18/h12-14,20H,1-11H2,(H,21,25). The second kappa shape index (κ2) is 8.31. The molecule has 2 aromatic heterocycles. The first-order valence-electron chi connectivity index (χ1n) is 9.77. The molecule has 0 radical (unpaired) electrons. The number of aryl methyl sites for hydroxylation is 1. The number of aromatic nitrogens is 3. The summed E-state index contributed by atoms with van der Waals surface area (Å²) >= 11 is 1.88. The number of nitrogens with zero attached hydrogens (tertiary/aromatic N) is 3. The molecule has 0 saturated carbocycles. The highest BCUT2D eigenvalue weighted by Gasteiger charge is 2.17. The maximum atomic E-state index is 12.3. The molecule has 0 aromatic carbocycles. The van der Waals surface area contributed by atoms with Crippen LogP contribution in [0.2, 0.25) is 0 Å². The lowest BCUT2D eigenvalue weighted by atomic mass is 9.95. The molecule has 6 nitrogen and oxygen atoms in total. The van der Waals surface area contributed by atoms with Crippen molar-refractivity contribution in [3.8, 4) is 0 Å². The van der Waals surface area contributed by atoms with Gasteiger partial charge in [0, 0.05) is 18.0 Å². The lowest BCUT2D eigenvalue weighted by Crippen LogP contribution is -2.32. The minimum absolute atomic E-state index is 0.123. The van der Waals surface area contributed by atoms with Gasteiger partial charge in [-0.25, -0.2) is 0 Å². The van der Waals surface area contributed by atoms with Gasteiger partial charge >= 0.3 is 0 Å². The van der Waals surface area contributed by atoms with Gasteiger partial charge in [0.15, 0.2) is 5.69 Å². The maximum Gasteiger partial charge on any atom is 0.273 e. The zero-order valence-corrected chi connectivity index (χ0v) is 16.0. The van der Waals surface area contributed by atoms with Gasteiger partial charge in [-0.05, 0) is 80.5 Å². The first-order valence-corrected chi connectivity index (χ1v) is 10.6. The molecule has 2 aromatic rings. The summed E-state index contributed by atoms with van der Waals surface area (Å²) in [7, 11) is 0. The third kappa shape index (κ3) is 4.15. The Morgan fingerprint density at radius 2 is 2.27 bits per heavy atom. The van der Waals surface area contributed by atoms with Gasteiger partial charge in [-0.3, -0.25) is 9.48 Å². The molecular weight excluding hydrogens is 346 g/mol. The average molecular weight is 374 g/mol. The van der Waals surface area contributed by atoms with E-state index in [-0.39, 0.29) is 5.91 Å². The Labute approximate surface area is 158 Å². The van der Waals surface area contributed by atoms with Crippen molar-refractivity contribution in [2.24, 2.45) is 5.92 Å². The Morgan fingerprint density at radius 1 is 1.35 bits per heavy atom. The zero-order valence-electron chi connectivity index (χ0n) is 15.2. The zero-order chi connectivity index (χ0) is 17.8. The highest BCUT2D eigenvalue weighted by Crippen LogP contribution is 2.30. The quantitative estimate of drug-likeness (QED) is 0.814. The maximum absolute atomic E-state index is 12.3. The fraction of sp³-hybridized carbons (Fsp3) is 0.632. The Morgan fingerprint density at radius 3 is 3.15 bits per heavy atom. The van der Waals surface area contributed by atoms with Crippen molar-refractivity contribution < 1.29 is 4.79 Å². The number of hydrogen-bond acceptors (Lipinski definition) is 5. The number of fused-ring (bicyclic) bond motifs is 1. The van der Waals surface area contributed by atoms with Crippen LogP contribution in [0.25, 0.3) is 0 Å². The Balaban J connectivity index is 1.26. The molecule has 26 heavy (non-hydrogen) atoms. The Kier molecular flexibility index (Phi) is 5.65. The number of carbonyl (C=O) groups is 1. The number of carbonyl (C=O) groups excluding carboxylic acids is 1. The van der Waals surface area contributed by atoms with E-state index in [0.717, 1.165) is 26.1 Å². The predicted molar refractivity (Wildman–Crippen MR) is 103 cm³/mol. The number of rotatable bonds is 6. The van der Waals surface area contributed by atoms with Gasteiger partial charge < -0.3 is 10.6 Å². The van der Waals surface area contributed by atoms with Gasteiger partial charge in [-0.1, -0.05) is 5.21 Å². The van der Waals surface area contributed by atoms with E-state index >= 15 is 0 Å². The van der Waals surface area contributed by atoms with E-state index in [1.165, 1.54) is 44.1 Å². The summed E-state index contributed by atoms with van der Waals surface area (Å²) in [6, 6.07) is 0. The third-order valence-electron chi connectivity index (χ3n) is 5.44. The second-order valence-corrected chi connectivity index (χ2v) is 8.38. The number of piperidine rings is 1. The van der Waals surface area contributed by atoms with Gasteiger partial charge in [-0.2, -0.15) is 0 Å². The summed E-state index contributed by atoms with van der Waals surface area (Å²) in [5.74, 6) is 0.452. The molecule has 3 heterocycles. The number of amides is 1. The number of hydrogen-bond donors (Lipinski definition) is 2. The van der Waals surface area contributed by atoms with Crippen LogP contribution in [0, 0.1) is 5.92 Å². The van der Waals surface area contributed by atoms with Crippen LogP contribution >= 0.6 is 11.3 Å². The third-order valence-corrected chi connectivity index (χ3v) is 6.58. The average Bonchev–Trinajstić information content (AvgIpc) is 3.30. The van der Waals surface area contributed by atoms with E-state index in [4.69, 9.17) is 0 Å². The Hall–Kier alpha value is -1.73. The summed E-state index contributed by atoms with van der Waals surface area (Å²) in [4.78, 5) is 13.9. The summed E-state index contributed by atoms with van der Waals surface area (Å²) in [5.41, 5.74) is 3.38. The minimum Gasteiger partial charge on any atom is -0.350 e. The molecular formula is C19H27N5OS. The van der Waals surface area contributed by atoms with Crippen LogP contribution in [0.3, 0.4) is 0 Å². The Bertz CT molecular complexity index is 747. The molecule has 0 bridgehead atoms. The van der Waals surface area contributed by atoms with E-state index < -0.39 is 0 Å². The van der Waals surface area contributed by atoms with Gasteiger partial charge in [0.2, 0.25) is 0 Å². The van der Waals surface area contributed by atoms with Crippen LogP contribution < -0.4 is 10.6 Å². The second-order valence-electron chi connectivity index (χ2n) is 7.41. The SMILES string of the molecule is O=C(NCCc1csc2c1CCCC2)c1cn(CC2CCCNC2)nn1. The van der Waals surface area contributed by atoms with Gasteiger partial charge in [0.25, 0.3) is 5.91 Å². The predicted octanol–water partition coefficient (Wildman–Crippen LogP) is 2.19. The van der Waals surface area contributed by atoms with Crippen molar-refractivity contribution in [3.63, 3.8) is 0 Å². The van der Waals surface area contributed by atoms with E-state index in [9.17, 15) is 4.79 Å². The largest absolute Gasteiger partial charge is 0.350 e. The van der Waals surface area contributed by atoms with Crippen LogP contribution in [0.15, 0.2) is 11.6 Å². The molecule has 140 valence electrons. The summed E-state index contributed by atoms with van der Waals surface area (Å²) in [5, 5.41) is 16.9. The molecule has 1 atom stereocenters. The molecule has 1 unspecified atom stereocenters. The van der Waals surface area contributed by atoms with Crippen LogP contribution in [0.5, 0.6) is 0 Å². The number of nitrogens with one attached hydrogen (secondary N) is 2. The van der Waals surface area contributed by atoms with E-state index in [1.807, 2.05) is 16.0 Å². The van der Waals surface area contributed by atoms with E-state index in [1.54, 1.807) is 16.6 Å². The van der Waals surface area contributed by atoms with Crippen molar-refractivity contribution in [3.05, 3.63) is 33.3 Å². The molecule has 4 rings (SSSR count). The minimum atomic E-state index is -0.123. The highest BCUT2D eigenvalue weighted by molar-refractivity contribution is 7.10. The highest BCUT2D eigenvalue weighted by atomic mass is 32.1. The van der Waals surface area contributed by atoms with Crippen molar-refractivity contribution in [1.29, 1.82) is 0 Å². The molecule has 1 saturated heterocycles. The van der Waals surface area contributed by atoms with Crippen molar-refractivity contribution in [2.45, 2.75) is 51.5 Å². The fourth-order valence-electron chi connectivity index (χ4n) is 4.01. The monoisotopic (exact) mass is 373 g/mol. The van der Waals surface area contributed by atoms with Gasteiger partial charge in [0.05, 0.1) is 6.20 Å². The summed E-state index contributed by atoms with van der Waals surface area (Å²) in [6.07, 6.45) is 10.1. The van der Waals surface area contributed by atoms with E-state index in [0.29, 0.717) is 18.2 Å². The molecule has 1 aliphatic carbocycles. The van der Waals surface area contributed by atoms with Gasteiger partial charge in [0.1, 0.15) is 0 Å². The van der Waals surface area contributed by atoms with Crippen LogP contribution in [-0.4, -0.2) is 40.5 Å². The lowest BCUT2D eigenvalue weighted by Gasteiger charge is -2.22. The molecule has 2 N–H and O–H groups in total. The number of thiophene rings is 1. The lowest BCUT2D eigenvalue weighted by molar-refractivity contribution is 0.0949. The fourth-order valence-corrected chi connectivity index (χ4v) is 5.19. The van der Waals surface area contributed by atoms with Crippen molar-refractivity contribution >= 4 is 17.2 Å².